The minimum atomic E-state index is -0.149. The lowest BCUT2D eigenvalue weighted by molar-refractivity contribution is -0.118. The predicted molar refractivity (Wildman–Crippen MR) is 90.4 cm³/mol. The van der Waals surface area contributed by atoms with Crippen LogP contribution in [0.4, 0.5) is 0 Å². The maximum atomic E-state index is 11.6. The molecule has 1 aromatic carbocycles. The molecule has 6 heteroatoms. The van der Waals surface area contributed by atoms with E-state index in [9.17, 15) is 4.79 Å². The van der Waals surface area contributed by atoms with Gasteiger partial charge in [-0.1, -0.05) is 11.6 Å². The quantitative estimate of drug-likeness (QED) is 0.782. The van der Waals surface area contributed by atoms with Crippen LogP contribution in [0.15, 0.2) is 36.0 Å². The summed E-state index contributed by atoms with van der Waals surface area (Å²) in [5.41, 5.74) is 5.82. The molecule has 126 valence electrons. The van der Waals surface area contributed by atoms with Crippen molar-refractivity contribution in [3.63, 3.8) is 0 Å². The smallest absolute Gasteiger partial charge is 0.248 e. The van der Waals surface area contributed by atoms with E-state index in [1.54, 1.807) is 6.92 Å². The fourth-order valence-corrected chi connectivity index (χ4v) is 2.45. The molecule has 0 bridgehead atoms. The molecular formula is C17H23ClN2O3. The molecule has 1 aromatic rings. The normalized spacial score (nSPS) is 21.7. The number of nitrogens with two attached hydrogens (primary N) is 1. The summed E-state index contributed by atoms with van der Waals surface area (Å²) in [5.74, 6) is 1.03. The molecule has 0 saturated carbocycles. The number of ether oxygens (including phenoxy) is 2. The highest BCUT2D eigenvalue weighted by molar-refractivity contribution is 6.30. The number of rotatable bonds is 6. The molecule has 1 aliphatic heterocycles. The third-order valence-electron chi connectivity index (χ3n) is 3.86. The second-order valence-corrected chi connectivity index (χ2v) is 6.16. The Morgan fingerprint density at radius 3 is 2.78 bits per heavy atom. The number of carbonyl (C=O) groups excluding carboxylic acids is 1. The van der Waals surface area contributed by atoms with Gasteiger partial charge in [0.25, 0.3) is 0 Å². The van der Waals surface area contributed by atoms with Crippen molar-refractivity contribution in [2.24, 2.45) is 11.7 Å². The van der Waals surface area contributed by atoms with Gasteiger partial charge in [-0.05, 0) is 44.0 Å². The first-order chi connectivity index (χ1) is 11.1. The van der Waals surface area contributed by atoms with Gasteiger partial charge in [-0.15, -0.1) is 0 Å². The highest BCUT2D eigenvalue weighted by Gasteiger charge is 2.22. The van der Waals surface area contributed by atoms with Crippen LogP contribution in [0, 0.1) is 5.92 Å². The van der Waals surface area contributed by atoms with Gasteiger partial charge in [-0.25, -0.2) is 0 Å². The Balaban J connectivity index is 1.65. The maximum absolute atomic E-state index is 11.6. The molecule has 2 unspecified atom stereocenters. The molecule has 1 aliphatic rings. The fourth-order valence-electron chi connectivity index (χ4n) is 2.32. The lowest BCUT2D eigenvalue weighted by Crippen LogP contribution is -2.38. The second kappa shape index (κ2) is 8.79. The van der Waals surface area contributed by atoms with Gasteiger partial charge in [-0.3, -0.25) is 4.79 Å². The molecular weight excluding hydrogens is 316 g/mol. The van der Waals surface area contributed by atoms with E-state index in [0.717, 1.165) is 18.6 Å². The van der Waals surface area contributed by atoms with Crippen LogP contribution in [-0.2, 0) is 9.53 Å². The van der Waals surface area contributed by atoms with Crippen LogP contribution in [0.2, 0.25) is 5.02 Å². The zero-order chi connectivity index (χ0) is 16.7. The summed E-state index contributed by atoms with van der Waals surface area (Å²) in [4.78, 5) is 11.6. The summed E-state index contributed by atoms with van der Waals surface area (Å²) in [7, 11) is 0. The van der Waals surface area contributed by atoms with E-state index in [1.165, 1.54) is 6.20 Å². The molecule has 1 saturated heterocycles. The number of carbonyl (C=O) groups is 1. The molecule has 0 aromatic heterocycles. The number of halogens is 1. The van der Waals surface area contributed by atoms with Gasteiger partial charge in [0, 0.05) is 29.3 Å². The highest BCUT2D eigenvalue weighted by Crippen LogP contribution is 2.21. The van der Waals surface area contributed by atoms with Crippen molar-refractivity contribution in [3.8, 4) is 5.75 Å². The lowest BCUT2D eigenvalue weighted by Gasteiger charge is -2.29. The first-order valence-electron chi connectivity index (χ1n) is 7.75. The first-order valence-corrected chi connectivity index (χ1v) is 8.13. The largest absolute Gasteiger partial charge is 0.493 e. The first kappa shape index (κ1) is 17.6. The van der Waals surface area contributed by atoms with Crippen molar-refractivity contribution >= 4 is 17.5 Å². The summed E-state index contributed by atoms with van der Waals surface area (Å²) >= 11 is 5.84. The van der Waals surface area contributed by atoms with E-state index in [1.807, 2.05) is 24.3 Å². The monoisotopic (exact) mass is 338 g/mol. The minimum Gasteiger partial charge on any atom is -0.493 e. The van der Waals surface area contributed by atoms with Gasteiger partial charge < -0.3 is 20.5 Å². The molecule has 2 rings (SSSR count). The average Bonchev–Trinajstić information content (AvgIpc) is 2.59. The van der Waals surface area contributed by atoms with Crippen molar-refractivity contribution in [1.82, 2.24) is 5.32 Å². The van der Waals surface area contributed by atoms with E-state index in [2.05, 4.69) is 5.32 Å². The zero-order valence-corrected chi connectivity index (χ0v) is 14.0. The van der Waals surface area contributed by atoms with Crippen molar-refractivity contribution in [2.75, 3.05) is 19.8 Å². The molecule has 5 nitrogen and oxygen atoms in total. The third kappa shape index (κ3) is 5.77. The average molecular weight is 339 g/mol. The number of nitrogens with one attached hydrogen (secondary N) is 1. The van der Waals surface area contributed by atoms with Crippen LogP contribution < -0.4 is 15.8 Å². The van der Waals surface area contributed by atoms with Crippen molar-refractivity contribution < 1.29 is 14.3 Å². The topological polar surface area (TPSA) is 73.6 Å². The van der Waals surface area contributed by atoms with E-state index in [4.69, 9.17) is 26.8 Å². The van der Waals surface area contributed by atoms with Crippen LogP contribution in [0.25, 0.3) is 0 Å². The highest BCUT2D eigenvalue weighted by atomic mass is 35.5. The Morgan fingerprint density at radius 1 is 1.43 bits per heavy atom. The maximum Gasteiger partial charge on any atom is 0.248 e. The van der Waals surface area contributed by atoms with Gasteiger partial charge >= 0.3 is 0 Å². The standard InChI is InChI=1S/C17H23ClN2O3/c1-12(8-19)17(21)20-9-16-5-2-13(11-23-16)10-22-15-6-3-14(18)4-7-15/h3-4,6-8,13,16H,2,5,9-11,19H2,1H3,(H,20,21)/b12-8+. The van der Waals surface area contributed by atoms with E-state index in [-0.39, 0.29) is 12.0 Å². The predicted octanol–water partition coefficient (Wildman–Crippen LogP) is 2.49. The van der Waals surface area contributed by atoms with Crippen LogP contribution >= 0.6 is 11.6 Å². The number of amides is 1. The number of benzene rings is 1. The second-order valence-electron chi connectivity index (χ2n) is 5.72. The van der Waals surface area contributed by atoms with E-state index < -0.39 is 0 Å². The molecule has 0 spiro atoms. The van der Waals surface area contributed by atoms with Crippen molar-refractivity contribution in [1.29, 1.82) is 0 Å². The molecule has 3 N–H and O–H groups in total. The summed E-state index contributed by atoms with van der Waals surface area (Å²) in [6.45, 7) is 3.45. The Kier molecular flexibility index (Phi) is 6.74. The van der Waals surface area contributed by atoms with E-state index in [0.29, 0.717) is 36.3 Å². The van der Waals surface area contributed by atoms with Crippen molar-refractivity contribution in [3.05, 3.63) is 41.1 Å². The van der Waals surface area contributed by atoms with E-state index >= 15 is 0 Å². The molecule has 1 amide bonds. The molecule has 2 atom stereocenters. The van der Waals surface area contributed by atoms with Crippen LogP contribution in [0.3, 0.4) is 0 Å². The Labute approximate surface area is 141 Å². The minimum absolute atomic E-state index is 0.0521. The molecule has 1 heterocycles. The summed E-state index contributed by atoms with van der Waals surface area (Å²) in [6, 6.07) is 7.34. The Bertz CT molecular complexity index is 537. The van der Waals surface area contributed by atoms with Gasteiger partial charge in [0.05, 0.1) is 19.3 Å². The molecule has 23 heavy (non-hydrogen) atoms. The lowest BCUT2D eigenvalue weighted by atomic mass is 9.99. The number of hydrogen-bond acceptors (Lipinski definition) is 4. The third-order valence-corrected chi connectivity index (χ3v) is 4.11. The fraction of sp³-hybridized carbons (Fsp3) is 0.471. The molecule has 0 radical (unpaired) electrons. The van der Waals surface area contributed by atoms with Crippen molar-refractivity contribution in [2.45, 2.75) is 25.9 Å². The Hall–Kier alpha value is -1.72. The summed E-state index contributed by atoms with van der Waals surface area (Å²) in [6.07, 6.45) is 3.28. The van der Waals surface area contributed by atoms with Gasteiger partial charge in [-0.2, -0.15) is 0 Å². The van der Waals surface area contributed by atoms with Gasteiger partial charge in [0.1, 0.15) is 5.75 Å². The SMILES string of the molecule is C/C(=C\N)C(=O)NCC1CCC(COc2ccc(Cl)cc2)CO1. The summed E-state index contributed by atoms with van der Waals surface area (Å²) < 4.78 is 11.5. The van der Waals surface area contributed by atoms with Crippen LogP contribution in [0.1, 0.15) is 19.8 Å². The van der Waals surface area contributed by atoms with Crippen LogP contribution in [0.5, 0.6) is 5.75 Å². The summed E-state index contributed by atoms with van der Waals surface area (Å²) in [5, 5.41) is 3.52. The zero-order valence-electron chi connectivity index (χ0n) is 13.3. The van der Waals surface area contributed by atoms with Gasteiger partial charge in [0.15, 0.2) is 0 Å². The van der Waals surface area contributed by atoms with Crippen LogP contribution in [-0.4, -0.2) is 31.8 Å². The molecule has 1 fully saturated rings. The number of hydrogen-bond donors (Lipinski definition) is 2. The molecule has 0 aliphatic carbocycles. The Morgan fingerprint density at radius 2 is 2.17 bits per heavy atom. The van der Waals surface area contributed by atoms with Gasteiger partial charge in [0.2, 0.25) is 5.91 Å².